The predicted octanol–water partition coefficient (Wildman–Crippen LogP) is 3.52. The Morgan fingerprint density at radius 2 is 1.81 bits per heavy atom. The van der Waals surface area contributed by atoms with E-state index in [1.54, 1.807) is 31.4 Å². The van der Waals surface area contributed by atoms with Crippen molar-refractivity contribution in [2.75, 3.05) is 12.4 Å². The van der Waals surface area contributed by atoms with Gasteiger partial charge in [0.05, 0.1) is 12.7 Å². The van der Waals surface area contributed by atoms with Crippen LogP contribution in [0.15, 0.2) is 52.9 Å². The van der Waals surface area contributed by atoms with Crippen molar-refractivity contribution < 1.29 is 18.7 Å². The molecule has 0 aliphatic heterocycles. The zero-order valence-electron chi connectivity index (χ0n) is 15.1. The van der Waals surface area contributed by atoms with Gasteiger partial charge in [-0.1, -0.05) is 12.1 Å². The third-order valence-electron chi connectivity index (χ3n) is 3.95. The first-order valence-corrected chi connectivity index (χ1v) is 8.43. The summed E-state index contributed by atoms with van der Waals surface area (Å²) in [4.78, 5) is 23.4. The lowest BCUT2D eigenvalue weighted by Gasteiger charge is -2.05. The number of ketones is 1. The van der Waals surface area contributed by atoms with E-state index in [4.69, 9.17) is 9.15 Å². The van der Waals surface area contributed by atoms with E-state index in [0.717, 1.165) is 0 Å². The molecule has 7 nitrogen and oxygen atoms in total. The molecular weight excluding hydrogens is 346 g/mol. The van der Waals surface area contributed by atoms with Crippen molar-refractivity contribution in [2.24, 2.45) is 0 Å². The number of ether oxygens (including phenoxy) is 1. The topological polar surface area (TPSA) is 94.3 Å². The zero-order chi connectivity index (χ0) is 19.2. The number of anilines is 1. The van der Waals surface area contributed by atoms with Gasteiger partial charge in [-0.15, -0.1) is 10.2 Å². The number of carbonyl (C=O) groups excluding carboxylic acids is 2. The third kappa shape index (κ3) is 4.58. The monoisotopic (exact) mass is 365 g/mol. The maximum Gasteiger partial charge on any atom is 0.251 e. The van der Waals surface area contributed by atoms with Crippen LogP contribution >= 0.6 is 0 Å². The summed E-state index contributed by atoms with van der Waals surface area (Å²) in [6, 6.07) is 14.1. The summed E-state index contributed by atoms with van der Waals surface area (Å²) >= 11 is 0. The van der Waals surface area contributed by atoms with Gasteiger partial charge in [0.1, 0.15) is 5.75 Å². The molecule has 0 radical (unpaired) electrons. The van der Waals surface area contributed by atoms with Crippen LogP contribution in [-0.4, -0.2) is 29.0 Å². The Morgan fingerprint density at radius 1 is 1.07 bits per heavy atom. The molecule has 0 unspecified atom stereocenters. The molecule has 0 aliphatic rings. The molecular formula is C20H19N3O4. The number of rotatable bonds is 7. The lowest BCUT2D eigenvalue weighted by atomic mass is 10.1. The number of aromatic nitrogens is 2. The lowest BCUT2D eigenvalue weighted by Crippen LogP contribution is -2.12. The van der Waals surface area contributed by atoms with Crippen LogP contribution < -0.4 is 10.1 Å². The van der Waals surface area contributed by atoms with E-state index in [1.807, 2.05) is 24.3 Å². The fourth-order valence-electron chi connectivity index (χ4n) is 2.52. The maximum absolute atomic E-state index is 12.1. The molecule has 3 rings (SSSR count). The molecule has 3 aromatic rings. The van der Waals surface area contributed by atoms with Crippen LogP contribution in [0.2, 0.25) is 0 Å². The van der Waals surface area contributed by atoms with Gasteiger partial charge in [0.25, 0.3) is 5.89 Å². The normalized spacial score (nSPS) is 10.4. The smallest absolute Gasteiger partial charge is 0.251 e. The summed E-state index contributed by atoms with van der Waals surface area (Å²) in [6.07, 6.45) is 0.515. The number of carbonyl (C=O) groups is 2. The molecule has 0 saturated heterocycles. The molecule has 1 N–H and O–H groups in total. The van der Waals surface area contributed by atoms with Gasteiger partial charge in [-0.3, -0.25) is 9.59 Å². The standard InChI is InChI=1S/C20H19N3O4/c1-13(24)14-7-9-15(10-8-14)21-18(25)11-12-19-22-23-20(27-19)16-5-3-4-6-17(16)26-2/h3-10H,11-12H2,1-2H3,(H,21,25). The van der Waals surface area contributed by atoms with Gasteiger partial charge in [0.15, 0.2) is 5.78 Å². The van der Waals surface area contributed by atoms with Crippen LogP contribution in [0.3, 0.4) is 0 Å². The largest absolute Gasteiger partial charge is 0.496 e. The van der Waals surface area contributed by atoms with Crippen molar-refractivity contribution in [2.45, 2.75) is 19.8 Å². The van der Waals surface area contributed by atoms with Crippen molar-refractivity contribution in [3.8, 4) is 17.2 Å². The van der Waals surface area contributed by atoms with Gasteiger partial charge in [-0.25, -0.2) is 0 Å². The van der Waals surface area contributed by atoms with Crippen LogP contribution in [0.25, 0.3) is 11.5 Å². The Bertz CT molecular complexity index is 948. The highest BCUT2D eigenvalue weighted by Crippen LogP contribution is 2.28. The first kappa shape index (κ1) is 18.3. The first-order chi connectivity index (χ1) is 13.1. The Morgan fingerprint density at radius 3 is 2.52 bits per heavy atom. The molecule has 2 aromatic carbocycles. The highest BCUT2D eigenvalue weighted by atomic mass is 16.5. The van der Waals surface area contributed by atoms with E-state index >= 15 is 0 Å². The number of hydrogen-bond acceptors (Lipinski definition) is 6. The van der Waals surface area contributed by atoms with Crippen molar-refractivity contribution in [3.05, 3.63) is 60.0 Å². The second-order valence-corrected chi connectivity index (χ2v) is 5.88. The van der Waals surface area contributed by atoms with Crippen molar-refractivity contribution in [3.63, 3.8) is 0 Å². The third-order valence-corrected chi connectivity index (χ3v) is 3.95. The number of Topliss-reactive ketones (excluding diaryl/α,β-unsaturated/α-hetero) is 1. The van der Waals surface area contributed by atoms with Gasteiger partial charge >= 0.3 is 0 Å². The van der Waals surface area contributed by atoms with Gasteiger partial charge in [-0.2, -0.15) is 0 Å². The predicted molar refractivity (Wildman–Crippen MR) is 99.7 cm³/mol. The maximum atomic E-state index is 12.1. The molecule has 7 heteroatoms. The lowest BCUT2D eigenvalue weighted by molar-refractivity contribution is -0.116. The summed E-state index contributed by atoms with van der Waals surface area (Å²) < 4.78 is 10.9. The van der Waals surface area contributed by atoms with Crippen LogP contribution in [0.5, 0.6) is 5.75 Å². The number of methoxy groups -OCH3 is 1. The van der Waals surface area contributed by atoms with Crippen molar-refractivity contribution in [1.82, 2.24) is 10.2 Å². The molecule has 0 atom stereocenters. The number of para-hydroxylation sites is 1. The average molecular weight is 365 g/mol. The Kier molecular flexibility index (Phi) is 5.61. The van der Waals surface area contributed by atoms with Crippen molar-refractivity contribution >= 4 is 17.4 Å². The quantitative estimate of drug-likeness (QED) is 0.644. The van der Waals surface area contributed by atoms with Gasteiger partial charge in [-0.05, 0) is 43.3 Å². The van der Waals surface area contributed by atoms with Crippen LogP contribution in [0, 0.1) is 0 Å². The van der Waals surface area contributed by atoms with E-state index in [0.29, 0.717) is 40.8 Å². The minimum Gasteiger partial charge on any atom is -0.496 e. The SMILES string of the molecule is COc1ccccc1-c1nnc(CCC(=O)Nc2ccc(C(C)=O)cc2)o1. The number of nitrogens with zero attached hydrogens (tertiary/aromatic N) is 2. The van der Waals surface area contributed by atoms with Gasteiger partial charge in [0, 0.05) is 24.1 Å². The van der Waals surface area contributed by atoms with E-state index < -0.39 is 0 Å². The number of hydrogen-bond donors (Lipinski definition) is 1. The minimum absolute atomic E-state index is 0.0184. The Balaban J connectivity index is 1.58. The highest BCUT2D eigenvalue weighted by Gasteiger charge is 2.14. The summed E-state index contributed by atoms with van der Waals surface area (Å²) in [5.74, 6) is 1.16. The summed E-state index contributed by atoms with van der Waals surface area (Å²) in [5, 5.41) is 10.8. The number of benzene rings is 2. The molecule has 0 spiro atoms. The zero-order valence-corrected chi connectivity index (χ0v) is 15.1. The molecule has 138 valence electrons. The molecule has 0 fully saturated rings. The van der Waals surface area contributed by atoms with E-state index in [9.17, 15) is 9.59 Å². The molecule has 1 amide bonds. The highest BCUT2D eigenvalue weighted by molar-refractivity contribution is 5.95. The fraction of sp³-hybridized carbons (Fsp3) is 0.200. The van der Waals surface area contributed by atoms with Crippen molar-refractivity contribution in [1.29, 1.82) is 0 Å². The summed E-state index contributed by atoms with van der Waals surface area (Å²) in [6.45, 7) is 1.50. The Hall–Kier alpha value is -3.48. The second-order valence-electron chi connectivity index (χ2n) is 5.88. The molecule has 0 saturated carbocycles. The van der Waals surface area contributed by atoms with Gasteiger partial charge < -0.3 is 14.5 Å². The molecule has 27 heavy (non-hydrogen) atoms. The molecule has 0 bridgehead atoms. The van der Waals surface area contributed by atoms with E-state index in [1.165, 1.54) is 6.92 Å². The second kappa shape index (κ2) is 8.27. The van der Waals surface area contributed by atoms with E-state index in [-0.39, 0.29) is 18.1 Å². The summed E-state index contributed by atoms with van der Waals surface area (Å²) in [5.41, 5.74) is 1.93. The fourth-order valence-corrected chi connectivity index (χ4v) is 2.52. The molecule has 1 heterocycles. The van der Waals surface area contributed by atoms with Crippen LogP contribution in [0.1, 0.15) is 29.6 Å². The number of aryl methyl sites for hydroxylation is 1. The summed E-state index contributed by atoms with van der Waals surface area (Å²) in [7, 11) is 1.57. The van der Waals surface area contributed by atoms with E-state index in [2.05, 4.69) is 15.5 Å². The van der Waals surface area contributed by atoms with Crippen LogP contribution in [0.4, 0.5) is 5.69 Å². The first-order valence-electron chi connectivity index (χ1n) is 8.43. The van der Waals surface area contributed by atoms with Gasteiger partial charge in [0.2, 0.25) is 11.8 Å². The molecule has 0 aliphatic carbocycles. The number of amides is 1. The number of nitrogens with one attached hydrogen (secondary N) is 1. The Labute approximate surface area is 156 Å². The average Bonchev–Trinajstić information content (AvgIpc) is 3.15. The minimum atomic E-state index is -0.178. The molecule has 1 aromatic heterocycles. The van der Waals surface area contributed by atoms with Crippen LogP contribution in [-0.2, 0) is 11.2 Å².